The van der Waals surface area contributed by atoms with Gasteiger partial charge in [0.15, 0.2) is 11.6 Å². The number of fused-ring (bicyclic) bond motifs is 3. The molecule has 7 heteroatoms. The third kappa shape index (κ3) is 3.53. The Hall–Kier alpha value is -3.87. The lowest BCUT2D eigenvalue weighted by Crippen LogP contribution is -2.44. The molecule has 0 aliphatic heterocycles. The van der Waals surface area contributed by atoms with E-state index in [0.29, 0.717) is 12.8 Å². The molecule has 186 valence electrons. The summed E-state index contributed by atoms with van der Waals surface area (Å²) < 4.78 is 0. The van der Waals surface area contributed by atoms with Gasteiger partial charge < -0.3 is 21.1 Å². The summed E-state index contributed by atoms with van der Waals surface area (Å²) in [5.74, 6) is -5.26. The fourth-order valence-electron chi connectivity index (χ4n) is 6.06. The second-order valence-corrected chi connectivity index (χ2v) is 11.1. The first-order valence-electron chi connectivity index (χ1n) is 12.1. The summed E-state index contributed by atoms with van der Waals surface area (Å²) in [7, 11) is 0. The maximum absolute atomic E-state index is 13.5. The normalized spacial score (nSPS) is 23.8. The predicted octanol–water partition coefficient (Wildman–Crippen LogP) is 4.27. The molecule has 3 unspecified atom stereocenters. The van der Waals surface area contributed by atoms with E-state index in [1.807, 2.05) is 18.2 Å². The van der Waals surface area contributed by atoms with E-state index >= 15 is 0 Å². The fourth-order valence-corrected chi connectivity index (χ4v) is 6.06. The fraction of sp³-hybridized carbons (Fsp3) is 0.345. The van der Waals surface area contributed by atoms with Crippen LogP contribution in [0.4, 0.5) is 0 Å². The molecule has 0 radical (unpaired) electrons. The zero-order chi connectivity index (χ0) is 26.1. The number of Topliss-reactive ketones (excluding diaryl/α,β-unsaturated/α-hetero) is 2. The number of amides is 1. The Morgan fingerprint density at radius 3 is 2.25 bits per heavy atom. The second kappa shape index (κ2) is 8.08. The number of ketones is 2. The molecule has 0 bridgehead atoms. The molecular weight excluding hydrogens is 458 g/mol. The zero-order valence-electron chi connectivity index (χ0n) is 20.5. The number of hydrogen-bond donors (Lipinski definition) is 4. The molecule has 36 heavy (non-hydrogen) atoms. The molecule has 3 aliphatic rings. The van der Waals surface area contributed by atoms with Crippen molar-refractivity contribution < 1.29 is 29.7 Å². The van der Waals surface area contributed by atoms with E-state index in [2.05, 4.69) is 32.9 Å². The molecule has 7 nitrogen and oxygen atoms in total. The lowest BCUT2D eigenvalue weighted by atomic mass is 9.61. The van der Waals surface area contributed by atoms with E-state index in [1.54, 1.807) is 0 Å². The van der Waals surface area contributed by atoms with Gasteiger partial charge in [-0.25, -0.2) is 0 Å². The van der Waals surface area contributed by atoms with E-state index in [0.717, 1.165) is 16.7 Å². The zero-order valence-corrected chi connectivity index (χ0v) is 20.5. The van der Waals surface area contributed by atoms with Gasteiger partial charge in [-0.3, -0.25) is 14.4 Å². The minimum atomic E-state index is -1.12. The summed E-state index contributed by atoms with van der Waals surface area (Å²) in [6, 6.07) is 11.5. The number of aliphatic hydroxyl groups excluding tert-OH is 2. The molecule has 0 aromatic heterocycles. The average Bonchev–Trinajstić information content (AvgIpc) is 2.78. The number of carbonyl (C=O) groups is 3. The number of benzene rings is 2. The predicted molar refractivity (Wildman–Crippen MR) is 134 cm³/mol. The van der Waals surface area contributed by atoms with Crippen molar-refractivity contribution in [2.24, 2.45) is 23.5 Å². The molecular formula is C29H29NO6. The van der Waals surface area contributed by atoms with Gasteiger partial charge in [-0.15, -0.1) is 0 Å². The minimum absolute atomic E-state index is 0.00631. The monoisotopic (exact) mass is 487 g/mol. The lowest BCUT2D eigenvalue weighted by Gasteiger charge is -2.41. The van der Waals surface area contributed by atoms with Crippen LogP contribution >= 0.6 is 0 Å². The van der Waals surface area contributed by atoms with E-state index in [-0.39, 0.29) is 34.5 Å². The Labute approximate surface area is 209 Å². The topological polar surface area (TPSA) is 138 Å². The van der Waals surface area contributed by atoms with Gasteiger partial charge in [0.25, 0.3) is 5.91 Å². The van der Waals surface area contributed by atoms with Crippen LogP contribution in [0.1, 0.15) is 50.3 Å². The summed E-state index contributed by atoms with van der Waals surface area (Å²) in [5, 5.41) is 32.6. The molecule has 1 amide bonds. The summed E-state index contributed by atoms with van der Waals surface area (Å²) in [5.41, 5.74) is 8.74. The highest BCUT2D eigenvalue weighted by atomic mass is 16.3. The Balaban J connectivity index is 1.63. The maximum Gasteiger partial charge on any atom is 0.255 e. The number of nitrogens with two attached hydrogens (primary N) is 1. The largest absolute Gasteiger partial charge is 0.511 e. The molecule has 3 aliphatic carbocycles. The first kappa shape index (κ1) is 23.9. The molecule has 5 N–H and O–H groups in total. The first-order chi connectivity index (χ1) is 16.9. The van der Waals surface area contributed by atoms with Crippen LogP contribution in [0.25, 0.3) is 16.9 Å². The molecule has 0 spiro atoms. The van der Waals surface area contributed by atoms with Gasteiger partial charge in [-0.2, -0.15) is 0 Å². The number of carbonyl (C=O) groups excluding carboxylic acids is 3. The van der Waals surface area contributed by atoms with E-state index in [1.165, 1.54) is 11.6 Å². The van der Waals surface area contributed by atoms with Gasteiger partial charge in [0.2, 0.25) is 0 Å². The van der Waals surface area contributed by atoms with Gasteiger partial charge in [0.05, 0.1) is 11.5 Å². The number of primary amides is 1. The van der Waals surface area contributed by atoms with Crippen LogP contribution in [0.15, 0.2) is 53.3 Å². The molecule has 0 heterocycles. The van der Waals surface area contributed by atoms with Crippen molar-refractivity contribution >= 4 is 23.2 Å². The Bertz CT molecular complexity index is 1390. The summed E-state index contributed by atoms with van der Waals surface area (Å²) >= 11 is 0. The number of aromatic hydroxyl groups is 1. The standard InChI is InChI=1S/C29H29NO6/c1-29(2,3)16-6-4-13(5-7-16)17-8-9-19(31)23-18(17)11-14-10-15-12-20(32)24(28(30)36)27(35)22(15)25(33)21(14)26(23)34/h4-9,14-15,22,31,34-35H,10-12H2,1-3H3,(H2,30,36). The number of phenols is 1. The number of aliphatic hydroxyl groups is 2. The molecule has 2 aromatic rings. The molecule has 0 saturated heterocycles. The Kier molecular flexibility index (Phi) is 5.36. The Morgan fingerprint density at radius 1 is 0.972 bits per heavy atom. The number of allylic oxidation sites excluding steroid dienone is 2. The lowest BCUT2D eigenvalue weighted by molar-refractivity contribution is -0.127. The van der Waals surface area contributed by atoms with Gasteiger partial charge >= 0.3 is 0 Å². The third-order valence-electron chi connectivity index (χ3n) is 7.83. The van der Waals surface area contributed by atoms with Crippen molar-refractivity contribution in [3.05, 3.63) is 70.0 Å². The minimum Gasteiger partial charge on any atom is -0.511 e. The smallest absolute Gasteiger partial charge is 0.255 e. The van der Waals surface area contributed by atoms with Crippen molar-refractivity contribution in [3.63, 3.8) is 0 Å². The number of phenolic OH excluding ortho intramolecular Hbond substituents is 1. The first-order valence-corrected chi connectivity index (χ1v) is 12.1. The summed E-state index contributed by atoms with van der Waals surface area (Å²) in [4.78, 5) is 37.8. The molecule has 1 fully saturated rings. The Morgan fingerprint density at radius 2 is 1.64 bits per heavy atom. The van der Waals surface area contributed by atoms with Gasteiger partial charge in [0, 0.05) is 12.0 Å². The van der Waals surface area contributed by atoms with Gasteiger partial charge in [-0.05, 0) is 58.4 Å². The highest BCUT2D eigenvalue weighted by molar-refractivity contribution is 6.21. The number of rotatable bonds is 2. The van der Waals surface area contributed by atoms with Crippen LogP contribution in [0.5, 0.6) is 5.75 Å². The van der Waals surface area contributed by atoms with Crippen molar-refractivity contribution in [2.75, 3.05) is 0 Å². The van der Waals surface area contributed by atoms with Crippen LogP contribution < -0.4 is 5.73 Å². The third-order valence-corrected chi connectivity index (χ3v) is 7.83. The average molecular weight is 488 g/mol. The highest BCUT2D eigenvalue weighted by Gasteiger charge is 2.51. The van der Waals surface area contributed by atoms with E-state index in [4.69, 9.17) is 5.73 Å². The van der Waals surface area contributed by atoms with Crippen molar-refractivity contribution in [1.82, 2.24) is 0 Å². The van der Waals surface area contributed by atoms with Crippen LogP contribution in [-0.4, -0.2) is 32.8 Å². The van der Waals surface area contributed by atoms with E-state index in [9.17, 15) is 29.7 Å². The summed E-state index contributed by atoms with van der Waals surface area (Å²) in [6.45, 7) is 6.41. The molecule has 3 atom stereocenters. The number of hydrogen-bond acceptors (Lipinski definition) is 6. The SMILES string of the molecule is CC(C)(C)c1ccc(-c2ccc(O)c3c2CC2CC4CC(=O)C(C(N)=O)=C(O)C4C(=O)C2=C3O)cc1. The summed E-state index contributed by atoms with van der Waals surface area (Å²) in [6.07, 6.45) is 0.683. The van der Waals surface area contributed by atoms with Crippen molar-refractivity contribution in [3.8, 4) is 16.9 Å². The quantitative estimate of drug-likeness (QED) is 0.467. The second-order valence-electron chi connectivity index (χ2n) is 11.1. The van der Waals surface area contributed by atoms with Crippen LogP contribution in [0, 0.1) is 17.8 Å². The van der Waals surface area contributed by atoms with Crippen LogP contribution in [0.2, 0.25) is 0 Å². The van der Waals surface area contributed by atoms with Crippen LogP contribution in [-0.2, 0) is 26.2 Å². The van der Waals surface area contributed by atoms with Crippen molar-refractivity contribution in [2.45, 2.75) is 45.4 Å². The highest BCUT2D eigenvalue weighted by Crippen LogP contribution is 2.51. The molecule has 5 rings (SSSR count). The van der Waals surface area contributed by atoms with Crippen LogP contribution in [0.3, 0.4) is 0 Å². The molecule has 2 aromatic carbocycles. The maximum atomic E-state index is 13.5. The van der Waals surface area contributed by atoms with Gasteiger partial charge in [0.1, 0.15) is 22.8 Å². The van der Waals surface area contributed by atoms with Gasteiger partial charge in [-0.1, -0.05) is 51.1 Å². The van der Waals surface area contributed by atoms with Crippen molar-refractivity contribution in [1.29, 1.82) is 0 Å². The molecule has 1 saturated carbocycles. The van der Waals surface area contributed by atoms with E-state index < -0.39 is 46.6 Å².